The van der Waals surface area contributed by atoms with Crippen molar-refractivity contribution in [3.05, 3.63) is 33.9 Å². The maximum atomic E-state index is 12.2. The van der Waals surface area contributed by atoms with Crippen molar-refractivity contribution in [2.45, 2.75) is 26.3 Å². The highest BCUT2D eigenvalue weighted by Crippen LogP contribution is 2.28. The Balaban J connectivity index is 3.18. The summed E-state index contributed by atoms with van der Waals surface area (Å²) in [6, 6.07) is 3.77. The molecule has 0 heterocycles. The lowest BCUT2D eigenvalue weighted by Crippen LogP contribution is -2.37. The van der Waals surface area contributed by atoms with Crippen molar-refractivity contribution < 1.29 is 19.6 Å². The van der Waals surface area contributed by atoms with Gasteiger partial charge in [-0.2, -0.15) is 0 Å². The van der Waals surface area contributed by atoms with Crippen molar-refractivity contribution in [2.75, 3.05) is 13.2 Å². The summed E-state index contributed by atoms with van der Waals surface area (Å²) in [6.07, 6.45) is 0.521. The van der Waals surface area contributed by atoms with E-state index < -0.39 is 16.9 Å². The molecule has 1 rings (SSSR count). The smallest absolute Gasteiger partial charge is 0.285 e. The third kappa shape index (κ3) is 3.67. The quantitative estimate of drug-likeness (QED) is 0.582. The molecule has 110 valence electrons. The highest BCUT2D eigenvalue weighted by atomic mass is 16.6. The molecular formula is C13H18N2O5. The summed E-state index contributed by atoms with van der Waals surface area (Å²) in [7, 11) is 0. The van der Waals surface area contributed by atoms with Crippen LogP contribution in [0.1, 0.15) is 30.6 Å². The number of carbonyl (C=O) groups is 1. The number of benzene rings is 1. The number of hydrogen-bond acceptors (Lipinski definition) is 5. The van der Waals surface area contributed by atoms with E-state index in [4.69, 9.17) is 9.84 Å². The first-order valence-electron chi connectivity index (χ1n) is 6.37. The second kappa shape index (κ2) is 7.44. The zero-order chi connectivity index (χ0) is 15.1. The largest absolute Gasteiger partial charge is 0.493 e. The van der Waals surface area contributed by atoms with Gasteiger partial charge in [-0.15, -0.1) is 0 Å². The van der Waals surface area contributed by atoms with E-state index in [1.165, 1.54) is 18.2 Å². The van der Waals surface area contributed by atoms with E-state index in [-0.39, 0.29) is 23.6 Å². The summed E-state index contributed by atoms with van der Waals surface area (Å²) in [6.45, 7) is 3.58. The van der Waals surface area contributed by atoms with Crippen LogP contribution in [-0.2, 0) is 0 Å². The number of aliphatic hydroxyl groups is 1. The Kier molecular flexibility index (Phi) is 5.92. The van der Waals surface area contributed by atoms with Gasteiger partial charge in [0.2, 0.25) is 0 Å². The zero-order valence-electron chi connectivity index (χ0n) is 11.5. The lowest BCUT2D eigenvalue weighted by Gasteiger charge is -2.15. The van der Waals surface area contributed by atoms with Gasteiger partial charge < -0.3 is 15.2 Å². The summed E-state index contributed by atoms with van der Waals surface area (Å²) in [4.78, 5) is 22.6. The molecule has 0 radical (unpaired) electrons. The number of carbonyl (C=O) groups excluding carboxylic acids is 1. The van der Waals surface area contributed by atoms with Crippen LogP contribution in [0.5, 0.6) is 5.75 Å². The number of nitrogens with zero attached hydrogens (tertiary/aromatic N) is 1. The topological polar surface area (TPSA) is 102 Å². The summed E-state index contributed by atoms with van der Waals surface area (Å²) in [5.74, 6) is -0.464. The predicted octanol–water partition coefficient (Wildman–Crippen LogP) is 1.49. The second-order valence-corrected chi connectivity index (χ2v) is 4.10. The summed E-state index contributed by atoms with van der Waals surface area (Å²) in [5, 5.41) is 22.7. The monoisotopic (exact) mass is 282 g/mol. The molecule has 0 aromatic heterocycles. The molecule has 0 aliphatic carbocycles. The van der Waals surface area contributed by atoms with E-state index in [0.717, 1.165) is 0 Å². The van der Waals surface area contributed by atoms with E-state index in [2.05, 4.69) is 5.32 Å². The van der Waals surface area contributed by atoms with Crippen LogP contribution < -0.4 is 10.1 Å². The van der Waals surface area contributed by atoms with Crippen molar-refractivity contribution in [1.29, 1.82) is 0 Å². The number of amides is 1. The van der Waals surface area contributed by atoms with Gasteiger partial charge in [0.25, 0.3) is 11.6 Å². The van der Waals surface area contributed by atoms with Gasteiger partial charge in [-0.1, -0.05) is 13.0 Å². The van der Waals surface area contributed by atoms with Crippen molar-refractivity contribution >= 4 is 11.6 Å². The number of nitro groups is 1. The van der Waals surface area contributed by atoms with Gasteiger partial charge in [-0.05, 0) is 19.4 Å². The first-order valence-corrected chi connectivity index (χ1v) is 6.37. The number of hydrogen-bond donors (Lipinski definition) is 2. The van der Waals surface area contributed by atoms with E-state index in [9.17, 15) is 14.9 Å². The average Bonchev–Trinajstić information content (AvgIpc) is 2.44. The Morgan fingerprint density at radius 2 is 2.20 bits per heavy atom. The molecule has 20 heavy (non-hydrogen) atoms. The lowest BCUT2D eigenvalue weighted by molar-refractivity contribution is -0.385. The molecule has 0 spiro atoms. The Labute approximate surface area is 116 Å². The Bertz CT molecular complexity index is 486. The van der Waals surface area contributed by atoms with Crippen LogP contribution in [0.15, 0.2) is 18.2 Å². The van der Waals surface area contributed by atoms with Gasteiger partial charge in [-0.25, -0.2) is 0 Å². The van der Waals surface area contributed by atoms with Gasteiger partial charge in [0.1, 0.15) is 5.75 Å². The predicted molar refractivity (Wildman–Crippen MR) is 72.9 cm³/mol. The fraction of sp³-hybridized carbons (Fsp3) is 0.462. The number of nitrogens with one attached hydrogen (secondary N) is 1. The van der Waals surface area contributed by atoms with Crippen molar-refractivity contribution in [2.24, 2.45) is 0 Å². The van der Waals surface area contributed by atoms with Crippen LogP contribution >= 0.6 is 0 Å². The lowest BCUT2D eigenvalue weighted by atomic mass is 10.1. The molecule has 0 saturated heterocycles. The van der Waals surface area contributed by atoms with Gasteiger partial charge in [0, 0.05) is 6.07 Å². The molecule has 0 aliphatic heterocycles. The van der Waals surface area contributed by atoms with Crippen LogP contribution in [0.2, 0.25) is 0 Å². The van der Waals surface area contributed by atoms with Gasteiger partial charge >= 0.3 is 0 Å². The zero-order valence-corrected chi connectivity index (χ0v) is 11.5. The van der Waals surface area contributed by atoms with E-state index >= 15 is 0 Å². The van der Waals surface area contributed by atoms with Gasteiger partial charge in [-0.3, -0.25) is 14.9 Å². The molecule has 1 aromatic carbocycles. The summed E-state index contributed by atoms with van der Waals surface area (Å²) < 4.78 is 5.27. The van der Waals surface area contributed by atoms with Crippen LogP contribution in [0.25, 0.3) is 0 Å². The number of ether oxygens (including phenoxy) is 1. The minimum atomic E-state index is -0.628. The van der Waals surface area contributed by atoms with Crippen LogP contribution in [0, 0.1) is 10.1 Å². The molecule has 0 aliphatic rings. The molecule has 0 bridgehead atoms. The third-order valence-electron chi connectivity index (χ3n) is 2.78. The molecule has 0 fully saturated rings. The standard InChI is InChI=1S/C13H18N2O5/c1-3-9(8-16)14-13(17)12-10(15(18)19)6-5-7-11(12)20-4-2/h5-7,9,16H,3-4,8H2,1-2H3,(H,14,17)/t9-/m1/s1. The highest BCUT2D eigenvalue weighted by molar-refractivity contribution is 6.01. The number of nitro benzene ring substituents is 1. The average molecular weight is 282 g/mol. The van der Waals surface area contributed by atoms with E-state index in [0.29, 0.717) is 13.0 Å². The maximum Gasteiger partial charge on any atom is 0.285 e. The van der Waals surface area contributed by atoms with Crippen LogP contribution in [-0.4, -0.2) is 35.2 Å². The minimum absolute atomic E-state index is 0.119. The number of aliphatic hydroxyl groups excluding tert-OH is 1. The fourth-order valence-corrected chi connectivity index (χ4v) is 1.71. The molecule has 7 nitrogen and oxygen atoms in total. The van der Waals surface area contributed by atoms with Crippen LogP contribution in [0.3, 0.4) is 0 Å². The minimum Gasteiger partial charge on any atom is -0.493 e. The van der Waals surface area contributed by atoms with Crippen molar-refractivity contribution in [3.8, 4) is 5.75 Å². The van der Waals surface area contributed by atoms with E-state index in [1.54, 1.807) is 13.8 Å². The van der Waals surface area contributed by atoms with Gasteiger partial charge in [0.15, 0.2) is 5.56 Å². The maximum absolute atomic E-state index is 12.2. The number of rotatable bonds is 7. The second-order valence-electron chi connectivity index (χ2n) is 4.10. The first-order chi connectivity index (χ1) is 9.54. The molecule has 7 heteroatoms. The van der Waals surface area contributed by atoms with Crippen LogP contribution in [0.4, 0.5) is 5.69 Å². The third-order valence-corrected chi connectivity index (χ3v) is 2.78. The molecule has 2 N–H and O–H groups in total. The van der Waals surface area contributed by atoms with E-state index in [1.807, 2.05) is 0 Å². The Morgan fingerprint density at radius 1 is 1.50 bits per heavy atom. The Morgan fingerprint density at radius 3 is 2.70 bits per heavy atom. The molecule has 1 atom stereocenters. The summed E-state index contributed by atoms with van der Waals surface area (Å²) in [5.41, 5.74) is -0.438. The van der Waals surface area contributed by atoms with Gasteiger partial charge in [0.05, 0.1) is 24.2 Å². The molecule has 1 amide bonds. The summed E-state index contributed by atoms with van der Waals surface area (Å²) >= 11 is 0. The fourth-order valence-electron chi connectivity index (χ4n) is 1.71. The Hall–Kier alpha value is -2.15. The molecule has 1 aromatic rings. The van der Waals surface area contributed by atoms with Crippen molar-refractivity contribution in [1.82, 2.24) is 5.32 Å². The molecule has 0 unspecified atom stereocenters. The molecule has 0 saturated carbocycles. The first kappa shape index (κ1) is 15.9. The normalized spacial score (nSPS) is 11.8. The molecular weight excluding hydrogens is 264 g/mol. The SMILES string of the molecule is CCOc1cccc([N+](=O)[O-])c1C(=O)N[C@H](CC)CO. The highest BCUT2D eigenvalue weighted by Gasteiger charge is 2.26. The van der Waals surface area contributed by atoms with Crippen molar-refractivity contribution in [3.63, 3.8) is 0 Å².